The lowest BCUT2D eigenvalue weighted by Gasteiger charge is -2.03. The lowest BCUT2D eigenvalue weighted by molar-refractivity contribution is 0.0947. The Kier molecular flexibility index (Phi) is 4.01. The van der Waals surface area contributed by atoms with Gasteiger partial charge in [0.2, 0.25) is 5.89 Å². The fourth-order valence-electron chi connectivity index (χ4n) is 2.17. The van der Waals surface area contributed by atoms with Crippen LogP contribution in [0.15, 0.2) is 65.2 Å². The fraction of sp³-hybridized carbons (Fsp3) is 0.111. The summed E-state index contributed by atoms with van der Waals surface area (Å²) in [5, 5.41) is 2.81. The molecular formula is C18H16N2O2. The number of hydrogen-bond donors (Lipinski definition) is 1. The van der Waals surface area contributed by atoms with E-state index < -0.39 is 0 Å². The van der Waals surface area contributed by atoms with Crippen molar-refractivity contribution in [2.75, 3.05) is 0 Å². The third-order valence-corrected chi connectivity index (χ3v) is 3.29. The fourth-order valence-corrected chi connectivity index (χ4v) is 2.17. The molecule has 1 N–H and O–H groups in total. The van der Waals surface area contributed by atoms with E-state index in [1.807, 2.05) is 55.5 Å². The van der Waals surface area contributed by atoms with Crippen LogP contribution in [0.3, 0.4) is 0 Å². The average Bonchev–Trinajstić information content (AvgIpc) is 3.02. The molecule has 1 amide bonds. The molecule has 0 saturated heterocycles. The van der Waals surface area contributed by atoms with E-state index in [0.29, 0.717) is 17.2 Å². The van der Waals surface area contributed by atoms with Crippen molar-refractivity contribution in [2.24, 2.45) is 0 Å². The van der Waals surface area contributed by atoms with Gasteiger partial charge in [0.05, 0.1) is 12.7 Å². The lowest BCUT2D eigenvalue weighted by Crippen LogP contribution is -2.22. The number of nitrogens with zero attached hydrogens (tertiary/aromatic N) is 1. The second-order valence-electron chi connectivity index (χ2n) is 5.04. The minimum absolute atomic E-state index is 0.136. The van der Waals surface area contributed by atoms with Crippen molar-refractivity contribution in [3.63, 3.8) is 0 Å². The average molecular weight is 292 g/mol. The Balaban J connectivity index is 1.65. The quantitative estimate of drug-likeness (QED) is 0.799. The standard InChI is InChI=1S/C18H16N2O2/c1-13-6-5-9-15(10-13)18(21)20-12-17-19-11-16(22-17)14-7-3-2-4-8-14/h2-11H,12H2,1H3,(H,20,21). The van der Waals surface area contributed by atoms with Gasteiger partial charge in [-0.2, -0.15) is 0 Å². The van der Waals surface area contributed by atoms with Crippen molar-refractivity contribution in [1.29, 1.82) is 0 Å². The second kappa shape index (κ2) is 6.26. The van der Waals surface area contributed by atoms with Gasteiger partial charge in [0, 0.05) is 11.1 Å². The number of carbonyl (C=O) groups excluding carboxylic acids is 1. The Bertz CT molecular complexity index is 779. The normalized spacial score (nSPS) is 10.4. The predicted octanol–water partition coefficient (Wildman–Crippen LogP) is 3.58. The van der Waals surface area contributed by atoms with Gasteiger partial charge >= 0.3 is 0 Å². The molecule has 4 heteroatoms. The van der Waals surface area contributed by atoms with E-state index in [9.17, 15) is 4.79 Å². The summed E-state index contributed by atoms with van der Waals surface area (Å²) in [6, 6.07) is 17.2. The van der Waals surface area contributed by atoms with Gasteiger partial charge in [-0.25, -0.2) is 4.98 Å². The summed E-state index contributed by atoms with van der Waals surface area (Å²) in [6.07, 6.45) is 1.67. The monoisotopic (exact) mass is 292 g/mol. The maximum atomic E-state index is 12.1. The summed E-state index contributed by atoms with van der Waals surface area (Å²) in [4.78, 5) is 16.3. The minimum Gasteiger partial charge on any atom is -0.439 e. The van der Waals surface area contributed by atoms with Gasteiger partial charge in [-0.3, -0.25) is 4.79 Å². The molecule has 0 aliphatic rings. The molecule has 0 radical (unpaired) electrons. The molecule has 0 fully saturated rings. The predicted molar refractivity (Wildman–Crippen MR) is 84.3 cm³/mol. The molecule has 3 aromatic rings. The first-order chi connectivity index (χ1) is 10.7. The van der Waals surface area contributed by atoms with E-state index in [0.717, 1.165) is 11.1 Å². The van der Waals surface area contributed by atoms with Gasteiger partial charge in [-0.15, -0.1) is 0 Å². The highest BCUT2D eigenvalue weighted by Gasteiger charge is 2.09. The molecule has 2 aromatic carbocycles. The van der Waals surface area contributed by atoms with Crippen molar-refractivity contribution >= 4 is 5.91 Å². The number of nitrogens with one attached hydrogen (secondary N) is 1. The maximum absolute atomic E-state index is 12.1. The number of carbonyl (C=O) groups is 1. The molecule has 22 heavy (non-hydrogen) atoms. The van der Waals surface area contributed by atoms with Crippen molar-refractivity contribution in [3.05, 3.63) is 77.8 Å². The number of aryl methyl sites for hydroxylation is 1. The first-order valence-electron chi connectivity index (χ1n) is 7.07. The number of benzene rings is 2. The van der Waals surface area contributed by atoms with E-state index in [-0.39, 0.29) is 12.5 Å². The topological polar surface area (TPSA) is 55.1 Å². The molecule has 0 atom stereocenters. The Labute approximate surface area is 128 Å². The third-order valence-electron chi connectivity index (χ3n) is 3.29. The molecule has 110 valence electrons. The van der Waals surface area contributed by atoms with E-state index in [1.54, 1.807) is 12.3 Å². The Hall–Kier alpha value is -2.88. The van der Waals surface area contributed by atoms with Crippen LogP contribution in [0.2, 0.25) is 0 Å². The Morgan fingerprint density at radius 3 is 2.73 bits per heavy atom. The van der Waals surface area contributed by atoms with E-state index in [4.69, 9.17) is 4.42 Å². The second-order valence-corrected chi connectivity index (χ2v) is 5.04. The minimum atomic E-state index is -0.136. The van der Waals surface area contributed by atoms with Crippen molar-refractivity contribution in [1.82, 2.24) is 10.3 Å². The Morgan fingerprint density at radius 1 is 1.14 bits per heavy atom. The number of hydrogen-bond acceptors (Lipinski definition) is 3. The number of aromatic nitrogens is 1. The van der Waals surface area contributed by atoms with Crippen LogP contribution >= 0.6 is 0 Å². The molecule has 1 heterocycles. The van der Waals surface area contributed by atoms with Gasteiger partial charge in [0.25, 0.3) is 5.91 Å². The zero-order chi connectivity index (χ0) is 15.4. The zero-order valence-corrected chi connectivity index (χ0v) is 12.2. The number of rotatable bonds is 4. The summed E-state index contributed by atoms with van der Waals surface area (Å²) < 4.78 is 5.65. The molecule has 0 unspecified atom stereocenters. The molecule has 0 spiro atoms. The molecule has 0 saturated carbocycles. The van der Waals surface area contributed by atoms with Crippen molar-refractivity contribution < 1.29 is 9.21 Å². The highest BCUT2D eigenvalue weighted by molar-refractivity contribution is 5.94. The number of oxazole rings is 1. The summed E-state index contributed by atoms with van der Waals surface area (Å²) >= 11 is 0. The van der Waals surface area contributed by atoms with E-state index >= 15 is 0 Å². The maximum Gasteiger partial charge on any atom is 0.251 e. The first kappa shape index (κ1) is 14.1. The Morgan fingerprint density at radius 2 is 1.95 bits per heavy atom. The van der Waals surface area contributed by atoms with Crippen LogP contribution < -0.4 is 5.32 Å². The van der Waals surface area contributed by atoms with Crippen LogP contribution in [-0.2, 0) is 6.54 Å². The van der Waals surface area contributed by atoms with E-state index in [2.05, 4.69) is 10.3 Å². The molecule has 0 aliphatic carbocycles. The molecule has 0 bridgehead atoms. The highest BCUT2D eigenvalue weighted by atomic mass is 16.4. The lowest BCUT2D eigenvalue weighted by atomic mass is 10.1. The van der Waals surface area contributed by atoms with Crippen molar-refractivity contribution in [3.8, 4) is 11.3 Å². The van der Waals surface area contributed by atoms with Gasteiger partial charge in [-0.05, 0) is 19.1 Å². The van der Waals surface area contributed by atoms with Crippen LogP contribution in [0.5, 0.6) is 0 Å². The summed E-state index contributed by atoms with van der Waals surface area (Å²) in [5.41, 5.74) is 2.65. The SMILES string of the molecule is Cc1cccc(C(=O)NCc2ncc(-c3ccccc3)o2)c1. The molecular weight excluding hydrogens is 276 g/mol. The number of amides is 1. The van der Waals surface area contributed by atoms with Crippen LogP contribution in [0.4, 0.5) is 0 Å². The molecule has 0 aliphatic heterocycles. The van der Waals surface area contributed by atoms with Gasteiger partial charge < -0.3 is 9.73 Å². The van der Waals surface area contributed by atoms with Gasteiger partial charge in [0.1, 0.15) is 0 Å². The van der Waals surface area contributed by atoms with Crippen LogP contribution in [0.1, 0.15) is 21.8 Å². The highest BCUT2D eigenvalue weighted by Crippen LogP contribution is 2.19. The van der Waals surface area contributed by atoms with Crippen LogP contribution in [0, 0.1) is 6.92 Å². The summed E-state index contributed by atoms with van der Waals surface area (Å²) in [5.74, 6) is 1.04. The van der Waals surface area contributed by atoms with Crippen LogP contribution in [-0.4, -0.2) is 10.9 Å². The summed E-state index contributed by atoms with van der Waals surface area (Å²) in [6.45, 7) is 2.22. The van der Waals surface area contributed by atoms with Crippen molar-refractivity contribution in [2.45, 2.75) is 13.5 Å². The zero-order valence-electron chi connectivity index (χ0n) is 12.2. The first-order valence-corrected chi connectivity index (χ1v) is 7.07. The van der Waals surface area contributed by atoms with Gasteiger partial charge in [-0.1, -0.05) is 48.0 Å². The summed E-state index contributed by atoms with van der Waals surface area (Å²) in [7, 11) is 0. The van der Waals surface area contributed by atoms with Gasteiger partial charge in [0.15, 0.2) is 5.76 Å². The van der Waals surface area contributed by atoms with E-state index in [1.165, 1.54) is 0 Å². The molecule has 4 nitrogen and oxygen atoms in total. The molecule has 1 aromatic heterocycles. The third kappa shape index (κ3) is 3.23. The largest absolute Gasteiger partial charge is 0.439 e. The van der Waals surface area contributed by atoms with Crippen LogP contribution in [0.25, 0.3) is 11.3 Å². The molecule has 3 rings (SSSR count). The smallest absolute Gasteiger partial charge is 0.251 e.